The van der Waals surface area contributed by atoms with Crippen LogP contribution in [0.5, 0.6) is 5.75 Å². The number of amides is 1. The number of esters is 1. The Labute approximate surface area is 252 Å². The standard InChI is InChI=1S/C29H26Cl2N2O6S2/c1-18(2)26(29(35)39-17-19-9-13-22(38-3)14-10-19)33-27(34)25(32-16-20-11-12-21(30)15-24(20)31)28(33)40-41(36,37)23-7-5-4-6-8-23/h4-16,25-26,28H,1,17H2,2-3H3. The van der Waals surface area contributed by atoms with Crippen molar-refractivity contribution in [2.24, 2.45) is 4.99 Å². The number of carbonyl (C=O) groups excluding carboxylic acids is 2. The molecule has 1 aliphatic heterocycles. The average Bonchev–Trinajstić information content (AvgIpc) is 2.95. The van der Waals surface area contributed by atoms with Crippen molar-refractivity contribution in [3.63, 3.8) is 0 Å². The first-order valence-corrected chi connectivity index (χ1v) is 15.9. The minimum atomic E-state index is -3.94. The number of ether oxygens (including phenoxy) is 2. The highest BCUT2D eigenvalue weighted by Crippen LogP contribution is 2.41. The maximum Gasteiger partial charge on any atom is 0.333 e. The molecule has 1 fully saturated rings. The van der Waals surface area contributed by atoms with E-state index in [-0.39, 0.29) is 11.5 Å². The molecule has 3 aromatic carbocycles. The Morgan fingerprint density at radius 2 is 1.80 bits per heavy atom. The van der Waals surface area contributed by atoms with E-state index in [1.165, 1.54) is 24.4 Å². The number of halogens is 2. The molecule has 0 aliphatic carbocycles. The summed E-state index contributed by atoms with van der Waals surface area (Å²) in [6.07, 6.45) is 1.39. The molecule has 8 nitrogen and oxygen atoms in total. The van der Waals surface area contributed by atoms with Gasteiger partial charge >= 0.3 is 5.97 Å². The van der Waals surface area contributed by atoms with Crippen molar-refractivity contribution in [1.29, 1.82) is 0 Å². The van der Waals surface area contributed by atoms with Crippen LogP contribution in [0, 0.1) is 0 Å². The Hall–Kier alpha value is -3.31. The van der Waals surface area contributed by atoms with E-state index in [1.54, 1.807) is 68.6 Å². The maximum atomic E-state index is 13.4. The number of rotatable bonds is 11. The van der Waals surface area contributed by atoms with Gasteiger partial charge < -0.3 is 14.4 Å². The van der Waals surface area contributed by atoms with Gasteiger partial charge in [-0.15, -0.1) is 0 Å². The zero-order chi connectivity index (χ0) is 29.7. The largest absolute Gasteiger partial charge is 0.497 e. The van der Waals surface area contributed by atoms with Gasteiger partial charge in [-0.2, -0.15) is 0 Å². The van der Waals surface area contributed by atoms with Gasteiger partial charge in [-0.05, 0) is 54.5 Å². The third-order valence-electron chi connectivity index (χ3n) is 6.15. The summed E-state index contributed by atoms with van der Waals surface area (Å²) < 4.78 is 37.3. The third kappa shape index (κ3) is 7.13. The number of aliphatic imine (C=N–C) groups is 1. The number of carbonyl (C=O) groups is 2. The van der Waals surface area contributed by atoms with Crippen molar-refractivity contribution in [3.05, 3.63) is 106 Å². The molecule has 0 spiro atoms. The normalized spacial score (nSPS) is 17.7. The number of benzene rings is 3. The minimum absolute atomic E-state index is 0.0572. The lowest BCUT2D eigenvalue weighted by Gasteiger charge is -2.47. The number of hydrogen-bond acceptors (Lipinski definition) is 8. The minimum Gasteiger partial charge on any atom is -0.497 e. The highest BCUT2D eigenvalue weighted by atomic mass is 35.5. The van der Waals surface area contributed by atoms with E-state index in [9.17, 15) is 18.0 Å². The van der Waals surface area contributed by atoms with Crippen molar-refractivity contribution in [2.75, 3.05) is 7.11 Å². The Bertz CT molecular complexity index is 1580. The summed E-state index contributed by atoms with van der Waals surface area (Å²) in [7, 11) is -1.86. The SMILES string of the molecule is C=C(C)C(C(=O)OCc1ccc(OC)cc1)N1C(=O)C(N=Cc2ccc(Cl)cc2Cl)C1SS(=O)(=O)c1ccccc1. The number of β-lactam (4-membered cyclic amide) rings is 1. The van der Waals surface area contributed by atoms with Crippen LogP contribution < -0.4 is 4.74 Å². The zero-order valence-corrected chi connectivity index (χ0v) is 25.2. The molecule has 3 atom stereocenters. The third-order valence-corrected chi connectivity index (χ3v) is 10.4. The molecule has 1 heterocycles. The smallest absolute Gasteiger partial charge is 0.333 e. The van der Waals surface area contributed by atoms with Crippen LogP contribution in [0.2, 0.25) is 10.0 Å². The van der Waals surface area contributed by atoms with Crippen LogP contribution in [0.4, 0.5) is 0 Å². The fourth-order valence-corrected chi connectivity index (χ4v) is 8.00. The Morgan fingerprint density at radius 3 is 2.41 bits per heavy atom. The molecule has 1 saturated heterocycles. The topological polar surface area (TPSA) is 102 Å². The van der Waals surface area contributed by atoms with E-state index in [0.29, 0.717) is 43.3 Å². The number of methoxy groups -OCH3 is 1. The fourth-order valence-electron chi connectivity index (χ4n) is 4.03. The molecule has 0 aromatic heterocycles. The van der Waals surface area contributed by atoms with E-state index in [4.69, 9.17) is 32.7 Å². The van der Waals surface area contributed by atoms with Gasteiger partial charge in [-0.3, -0.25) is 9.79 Å². The van der Waals surface area contributed by atoms with Crippen molar-refractivity contribution in [2.45, 2.75) is 35.9 Å². The van der Waals surface area contributed by atoms with Crippen LogP contribution in [0.15, 0.2) is 94.8 Å². The molecule has 1 amide bonds. The molecule has 1 aliphatic rings. The first kappa shape index (κ1) is 30.6. The molecule has 3 aromatic rings. The predicted octanol–water partition coefficient (Wildman–Crippen LogP) is 5.77. The first-order valence-electron chi connectivity index (χ1n) is 12.3. The van der Waals surface area contributed by atoms with Crippen LogP contribution in [-0.2, 0) is 29.8 Å². The van der Waals surface area contributed by atoms with Gasteiger partial charge in [0.25, 0.3) is 5.91 Å². The lowest BCUT2D eigenvalue weighted by Crippen LogP contribution is -2.67. The second-order valence-corrected chi connectivity index (χ2v) is 13.9. The van der Waals surface area contributed by atoms with Crippen molar-refractivity contribution >= 4 is 61.0 Å². The maximum absolute atomic E-state index is 13.4. The average molecular weight is 634 g/mol. The summed E-state index contributed by atoms with van der Waals surface area (Å²) in [6, 6.07) is 17.2. The van der Waals surface area contributed by atoms with Gasteiger partial charge in [0, 0.05) is 27.6 Å². The molecule has 3 unspecified atom stereocenters. The number of hydrogen-bond donors (Lipinski definition) is 0. The number of likely N-dealkylation sites (tertiary alicyclic amines) is 1. The van der Waals surface area contributed by atoms with Crippen LogP contribution >= 0.6 is 34.0 Å². The fraction of sp³-hybridized carbons (Fsp3) is 0.207. The van der Waals surface area contributed by atoms with Crippen molar-refractivity contribution in [3.8, 4) is 5.75 Å². The van der Waals surface area contributed by atoms with E-state index in [0.717, 1.165) is 4.90 Å². The quantitative estimate of drug-likeness (QED) is 0.0869. The second-order valence-electron chi connectivity index (χ2n) is 9.09. The van der Waals surface area contributed by atoms with Crippen molar-refractivity contribution in [1.82, 2.24) is 4.90 Å². The highest BCUT2D eigenvalue weighted by Gasteiger charge is 2.55. The summed E-state index contributed by atoms with van der Waals surface area (Å²) in [6.45, 7) is 5.39. The van der Waals surface area contributed by atoms with Gasteiger partial charge in [0.05, 0.1) is 17.0 Å². The first-order chi connectivity index (χ1) is 19.5. The molecule has 0 radical (unpaired) electrons. The van der Waals surface area contributed by atoms with Gasteiger partial charge in [0.1, 0.15) is 17.7 Å². The molecule has 0 saturated carbocycles. The van der Waals surface area contributed by atoms with Gasteiger partial charge in [-0.25, -0.2) is 13.2 Å². The van der Waals surface area contributed by atoms with E-state index >= 15 is 0 Å². The van der Waals surface area contributed by atoms with Crippen molar-refractivity contribution < 1.29 is 27.5 Å². The Balaban J connectivity index is 1.61. The molecule has 12 heteroatoms. The number of nitrogens with zero attached hydrogens (tertiary/aromatic N) is 2. The summed E-state index contributed by atoms with van der Waals surface area (Å²) in [5.41, 5.74) is 1.51. The summed E-state index contributed by atoms with van der Waals surface area (Å²) in [5.74, 6) is -0.647. The predicted molar refractivity (Wildman–Crippen MR) is 161 cm³/mol. The monoisotopic (exact) mass is 632 g/mol. The lowest BCUT2D eigenvalue weighted by atomic mass is 9.99. The molecular weight excluding hydrogens is 607 g/mol. The highest BCUT2D eigenvalue weighted by molar-refractivity contribution is 8.72. The van der Waals surface area contributed by atoms with Crippen LogP contribution in [0.25, 0.3) is 0 Å². The molecule has 0 N–H and O–H groups in total. The van der Waals surface area contributed by atoms with Gasteiger partial charge in [-0.1, -0.05) is 66.2 Å². The summed E-state index contributed by atoms with van der Waals surface area (Å²) >= 11 is 12.2. The summed E-state index contributed by atoms with van der Waals surface area (Å²) in [4.78, 5) is 32.3. The molecular formula is C29H26Cl2N2O6S2. The van der Waals surface area contributed by atoms with Crippen LogP contribution in [0.1, 0.15) is 18.1 Å². The second kappa shape index (κ2) is 13.1. The van der Waals surface area contributed by atoms with Crippen LogP contribution in [-0.4, -0.2) is 56.0 Å². The van der Waals surface area contributed by atoms with E-state index in [2.05, 4.69) is 11.6 Å². The van der Waals surface area contributed by atoms with Crippen LogP contribution in [0.3, 0.4) is 0 Å². The molecule has 214 valence electrons. The van der Waals surface area contributed by atoms with E-state index < -0.39 is 38.2 Å². The zero-order valence-electron chi connectivity index (χ0n) is 22.1. The Morgan fingerprint density at radius 1 is 1.12 bits per heavy atom. The molecule has 0 bridgehead atoms. The van der Waals surface area contributed by atoms with E-state index in [1.807, 2.05) is 0 Å². The lowest BCUT2D eigenvalue weighted by molar-refractivity contribution is -0.161. The van der Waals surface area contributed by atoms with Gasteiger partial charge in [0.2, 0.25) is 8.87 Å². The molecule has 4 rings (SSSR count). The summed E-state index contributed by atoms with van der Waals surface area (Å²) in [5, 5.41) is -0.309. The van der Waals surface area contributed by atoms with Gasteiger partial charge in [0.15, 0.2) is 12.1 Å². The molecule has 41 heavy (non-hydrogen) atoms. The Kier molecular flexibility index (Phi) is 9.80.